The topological polar surface area (TPSA) is 178 Å². The summed E-state index contributed by atoms with van der Waals surface area (Å²) in [6.07, 6.45) is -4.55. The second-order valence-corrected chi connectivity index (χ2v) is 11.1. The van der Waals surface area contributed by atoms with Gasteiger partial charge in [0.15, 0.2) is 23.4 Å². The summed E-state index contributed by atoms with van der Waals surface area (Å²) < 4.78 is 28.5. The zero-order valence-corrected chi connectivity index (χ0v) is 22.3. The van der Waals surface area contributed by atoms with Gasteiger partial charge in [0.05, 0.1) is 5.60 Å². The van der Waals surface area contributed by atoms with Crippen LogP contribution in [0.3, 0.4) is 0 Å². The highest BCUT2D eigenvalue weighted by molar-refractivity contribution is 5.89. The van der Waals surface area contributed by atoms with E-state index in [2.05, 4.69) is 0 Å². The molecular weight excluding hydrogens is 504 g/mol. The van der Waals surface area contributed by atoms with Crippen molar-refractivity contribution in [2.75, 3.05) is 0 Å². The maximum Gasteiger partial charge on any atom is 0.342 e. The minimum absolute atomic E-state index is 0.247. The Bertz CT molecular complexity index is 1130. The summed E-state index contributed by atoms with van der Waals surface area (Å²) in [5.41, 5.74) is -6.67. The molecule has 210 valence electrons. The van der Waals surface area contributed by atoms with Crippen LogP contribution in [-0.4, -0.2) is 92.6 Å². The van der Waals surface area contributed by atoms with Gasteiger partial charge in [-0.15, -0.1) is 0 Å². The third kappa shape index (κ3) is 3.88. The van der Waals surface area contributed by atoms with Crippen LogP contribution in [0.2, 0.25) is 0 Å². The molecular formula is C26H34O12. The number of aliphatic hydroxyl groups is 3. The van der Waals surface area contributed by atoms with Gasteiger partial charge < -0.3 is 39.0 Å². The lowest BCUT2D eigenvalue weighted by molar-refractivity contribution is -0.226. The molecule has 12 nitrogen and oxygen atoms in total. The molecule has 0 aromatic carbocycles. The van der Waals surface area contributed by atoms with E-state index in [0.29, 0.717) is 0 Å². The van der Waals surface area contributed by atoms with Crippen LogP contribution in [0, 0.1) is 11.3 Å². The highest BCUT2D eigenvalue weighted by Gasteiger charge is 2.87. The number of fused-ring (bicyclic) bond motifs is 1. The third-order valence-corrected chi connectivity index (χ3v) is 8.36. The SMILES string of the molecule is CC(=O)O[C@@H]1[C@H]2[C@](C)(O)[C@H](O)C=C[C@]2(C)[C@@H](OC(C)=O)[C@H](O)[C@@H](OC(C)=O)/C(C)=C\[C@@H]2OC(=O)[C@]3(C)O[C@@]213. The summed E-state index contributed by atoms with van der Waals surface area (Å²) in [4.78, 5) is 49.8. The van der Waals surface area contributed by atoms with Crippen LogP contribution in [0.15, 0.2) is 23.8 Å². The molecule has 1 spiro atoms. The van der Waals surface area contributed by atoms with E-state index in [9.17, 15) is 34.5 Å². The molecule has 2 saturated heterocycles. The van der Waals surface area contributed by atoms with E-state index in [1.54, 1.807) is 0 Å². The fourth-order valence-corrected chi connectivity index (χ4v) is 6.55. The third-order valence-electron chi connectivity index (χ3n) is 8.36. The highest BCUT2D eigenvalue weighted by Crippen LogP contribution is 2.65. The Morgan fingerprint density at radius 3 is 2.03 bits per heavy atom. The number of rotatable bonds is 3. The van der Waals surface area contributed by atoms with E-state index < -0.39 is 88.6 Å². The number of ether oxygens (including phenoxy) is 5. The average molecular weight is 539 g/mol. The van der Waals surface area contributed by atoms with Crippen LogP contribution in [0.25, 0.3) is 0 Å². The lowest BCUT2D eigenvalue weighted by Crippen LogP contribution is -2.68. The molecule has 2 aliphatic heterocycles. The first-order chi connectivity index (χ1) is 17.4. The second-order valence-electron chi connectivity index (χ2n) is 11.1. The molecule has 38 heavy (non-hydrogen) atoms. The summed E-state index contributed by atoms with van der Waals surface area (Å²) in [5, 5.41) is 34.3. The van der Waals surface area contributed by atoms with Crippen LogP contribution in [0.5, 0.6) is 0 Å². The van der Waals surface area contributed by atoms with Gasteiger partial charge in [-0.3, -0.25) is 14.4 Å². The first-order valence-corrected chi connectivity index (χ1v) is 12.3. The number of carbonyl (C=O) groups excluding carboxylic acids is 4. The van der Waals surface area contributed by atoms with E-state index in [1.807, 2.05) is 0 Å². The summed E-state index contributed by atoms with van der Waals surface area (Å²) in [5.74, 6) is -4.41. The Morgan fingerprint density at radius 2 is 1.50 bits per heavy atom. The molecule has 12 heteroatoms. The van der Waals surface area contributed by atoms with Gasteiger partial charge in [-0.05, 0) is 32.4 Å². The van der Waals surface area contributed by atoms with E-state index in [-0.39, 0.29) is 5.57 Å². The first-order valence-electron chi connectivity index (χ1n) is 12.3. The van der Waals surface area contributed by atoms with Gasteiger partial charge in [-0.25, -0.2) is 4.79 Å². The molecule has 0 aromatic rings. The Balaban J connectivity index is 2.07. The van der Waals surface area contributed by atoms with Crippen molar-refractivity contribution < 1.29 is 58.2 Å². The van der Waals surface area contributed by atoms with Crippen molar-refractivity contribution in [3.05, 3.63) is 23.8 Å². The Morgan fingerprint density at radius 1 is 0.947 bits per heavy atom. The van der Waals surface area contributed by atoms with Gasteiger partial charge in [0.2, 0.25) is 0 Å². The molecule has 4 rings (SSSR count). The predicted molar refractivity (Wildman–Crippen MR) is 126 cm³/mol. The predicted octanol–water partition coefficient (Wildman–Crippen LogP) is -0.140. The van der Waals surface area contributed by atoms with Crippen molar-refractivity contribution in [2.24, 2.45) is 11.3 Å². The molecule has 3 N–H and O–H groups in total. The standard InChI is InChI=1S/C26H34O12/c1-11-10-16-26(25(7,38-26)22(32)37-16)21(36-14(4)29)19-23(5,9-8-15(30)24(19,6)33)20(35-13(3)28)17(31)18(11)34-12(2)27/h8-10,15-21,30-31,33H,1-7H3/b11-10-/t15-,16+,17-,18+,19-,20+,21-,23+,24-,25+,26+/m1/s1. The second kappa shape index (κ2) is 8.87. The molecule has 0 aromatic heterocycles. The zero-order chi connectivity index (χ0) is 28.6. The van der Waals surface area contributed by atoms with Crippen LogP contribution in [0.1, 0.15) is 48.5 Å². The molecule has 0 saturated carbocycles. The van der Waals surface area contributed by atoms with Crippen molar-refractivity contribution in [1.82, 2.24) is 0 Å². The van der Waals surface area contributed by atoms with Gasteiger partial charge in [0, 0.05) is 32.1 Å². The van der Waals surface area contributed by atoms with Gasteiger partial charge in [0.25, 0.3) is 0 Å². The van der Waals surface area contributed by atoms with Gasteiger partial charge >= 0.3 is 23.9 Å². The van der Waals surface area contributed by atoms with Crippen LogP contribution in [-0.2, 0) is 42.9 Å². The maximum absolute atomic E-state index is 13.0. The Kier molecular flexibility index (Phi) is 6.58. The summed E-state index contributed by atoms with van der Waals surface area (Å²) >= 11 is 0. The lowest BCUT2D eigenvalue weighted by Gasteiger charge is -2.55. The van der Waals surface area contributed by atoms with Crippen LogP contribution < -0.4 is 0 Å². The van der Waals surface area contributed by atoms with Gasteiger partial charge in [-0.1, -0.05) is 19.1 Å². The Labute approximate surface area is 219 Å². The van der Waals surface area contributed by atoms with Crippen molar-refractivity contribution in [2.45, 2.75) is 102 Å². The summed E-state index contributed by atoms with van der Waals surface area (Å²) in [6, 6.07) is 0. The zero-order valence-electron chi connectivity index (χ0n) is 22.3. The number of epoxide rings is 1. The molecule has 2 aliphatic carbocycles. The number of hydrogen-bond acceptors (Lipinski definition) is 12. The van der Waals surface area contributed by atoms with E-state index >= 15 is 0 Å². The minimum atomic E-state index is -2.07. The maximum atomic E-state index is 13.0. The first kappa shape index (κ1) is 28.2. The fourth-order valence-electron chi connectivity index (χ4n) is 6.55. The lowest BCUT2D eigenvalue weighted by atomic mass is 9.55. The summed E-state index contributed by atoms with van der Waals surface area (Å²) in [7, 11) is 0. The largest absolute Gasteiger partial charge is 0.459 e. The molecule has 2 heterocycles. The number of aliphatic hydroxyl groups excluding tert-OH is 2. The summed E-state index contributed by atoms with van der Waals surface area (Å²) in [6.45, 7) is 9.23. The molecule has 11 atom stereocenters. The van der Waals surface area contributed by atoms with Crippen molar-refractivity contribution in [3.63, 3.8) is 0 Å². The normalized spacial score (nSPS) is 48.7. The molecule has 0 bridgehead atoms. The minimum Gasteiger partial charge on any atom is -0.459 e. The van der Waals surface area contributed by atoms with Crippen molar-refractivity contribution >= 4 is 23.9 Å². The van der Waals surface area contributed by atoms with E-state index in [4.69, 9.17) is 23.7 Å². The quantitative estimate of drug-likeness (QED) is 0.188. The fraction of sp³-hybridized carbons (Fsp3) is 0.692. The number of esters is 4. The van der Waals surface area contributed by atoms with Gasteiger partial charge in [0.1, 0.15) is 24.4 Å². The van der Waals surface area contributed by atoms with Gasteiger partial charge in [-0.2, -0.15) is 0 Å². The van der Waals surface area contributed by atoms with Crippen LogP contribution in [0.4, 0.5) is 0 Å². The number of hydrogen-bond donors (Lipinski definition) is 3. The van der Waals surface area contributed by atoms with Crippen LogP contribution >= 0.6 is 0 Å². The van der Waals surface area contributed by atoms with Crippen molar-refractivity contribution in [3.8, 4) is 0 Å². The highest BCUT2D eigenvalue weighted by atomic mass is 16.7. The van der Waals surface area contributed by atoms with Crippen molar-refractivity contribution in [1.29, 1.82) is 0 Å². The smallest absolute Gasteiger partial charge is 0.342 e. The average Bonchev–Trinajstić information content (AvgIpc) is 3.38. The number of carbonyl (C=O) groups is 4. The van der Waals surface area contributed by atoms with E-state index in [0.717, 1.165) is 20.8 Å². The molecule has 2 fully saturated rings. The Hall–Kier alpha value is -2.80. The monoisotopic (exact) mass is 538 g/mol. The molecule has 0 unspecified atom stereocenters. The van der Waals surface area contributed by atoms with E-state index in [1.165, 1.54) is 45.9 Å². The molecule has 4 aliphatic rings. The molecule has 0 amide bonds. The molecule has 0 radical (unpaired) electrons.